The van der Waals surface area contributed by atoms with Crippen LogP contribution < -0.4 is 5.32 Å². The van der Waals surface area contributed by atoms with Crippen LogP contribution in [-0.4, -0.2) is 22.7 Å². The van der Waals surface area contributed by atoms with Crippen molar-refractivity contribution < 1.29 is 9.90 Å². The molecule has 0 unspecified atom stereocenters. The minimum absolute atomic E-state index is 0. The number of nitrogens with one attached hydrogen (secondary N) is 1. The van der Waals surface area contributed by atoms with E-state index in [9.17, 15) is 4.79 Å². The van der Waals surface area contributed by atoms with Crippen molar-refractivity contribution in [2.24, 2.45) is 5.92 Å². The summed E-state index contributed by atoms with van der Waals surface area (Å²) in [6.07, 6.45) is 0.673. The topological polar surface area (TPSA) is 49.3 Å². The molecule has 86 valence electrons. The fraction of sp³-hybridized carbons (Fsp3) is 0.900. The van der Waals surface area contributed by atoms with Gasteiger partial charge >= 0.3 is 5.97 Å². The Labute approximate surface area is 92.7 Å². The van der Waals surface area contributed by atoms with Crippen molar-refractivity contribution in [1.29, 1.82) is 0 Å². The zero-order chi connectivity index (χ0) is 10.6. The Morgan fingerprint density at radius 2 is 1.79 bits per heavy atom. The van der Waals surface area contributed by atoms with Crippen LogP contribution in [-0.2, 0) is 4.79 Å². The number of carbonyl (C=O) groups is 1. The first-order chi connectivity index (χ1) is 5.72. The summed E-state index contributed by atoms with van der Waals surface area (Å²) < 4.78 is 0. The molecule has 14 heavy (non-hydrogen) atoms. The molecule has 0 saturated carbocycles. The Morgan fingerprint density at radius 3 is 2.00 bits per heavy atom. The Morgan fingerprint density at radius 1 is 1.36 bits per heavy atom. The molecule has 0 amide bonds. The lowest BCUT2D eigenvalue weighted by molar-refractivity contribution is -0.140. The highest BCUT2D eigenvalue weighted by Crippen LogP contribution is 2.09. The first kappa shape index (κ1) is 16.2. The molecule has 0 bridgehead atoms. The van der Waals surface area contributed by atoms with E-state index in [-0.39, 0.29) is 17.9 Å². The van der Waals surface area contributed by atoms with Gasteiger partial charge in [-0.1, -0.05) is 13.8 Å². The summed E-state index contributed by atoms with van der Waals surface area (Å²) >= 11 is 0. The fourth-order valence-corrected chi connectivity index (χ4v) is 1.22. The molecule has 0 aliphatic rings. The van der Waals surface area contributed by atoms with Crippen LogP contribution >= 0.6 is 12.4 Å². The van der Waals surface area contributed by atoms with Gasteiger partial charge in [-0.25, -0.2) is 0 Å². The van der Waals surface area contributed by atoms with Crippen molar-refractivity contribution in [3.05, 3.63) is 0 Å². The third kappa shape index (κ3) is 8.32. The fourth-order valence-electron chi connectivity index (χ4n) is 1.22. The SMILES string of the molecule is CC(C)C[C@@H](NC(C)(C)C)C(=O)O.Cl. The third-order valence-electron chi connectivity index (χ3n) is 1.61. The predicted octanol–water partition coefficient (Wildman–Crippen LogP) is 2.30. The number of hydrogen-bond donors (Lipinski definition) is 2. The third-order valence-corrected chi connectivity index (χ3v) is 1.61. The molecule has 2 N–H and O–H groups in total. The van der Waals surface area contributed by atoms with Gasteiger partial charge in [-0.3, -0.25) is 10.1 Å². The Bertz CT molecular complexity index is 175. The number of halogens is 1. The highest BCUT2D eigenvalue weighted by atomic mass is 35.5. The summed E-state index contributed by atoms with van der Waals surface area (Å²) in [5.41, 5.74) is -0.141. The lowest BCUT2D eigenvalue weighted by Gasteiger charge is -2.26. The van der Waals surface area contributed by atoms with Gasteiger partial charge in [-0.05, 0) is 33.1 Å². The van der Waals surface area contributed by atoms with Gasteiger partial charge in [0.05, 0.1) is 0 Å². The van der Waals surface area contributed by atoms with Gasteiger partial charge in [0.15, 0.2) is 0 Å². The van der Waals surface area contributed by atoms with E-state index in [0.717, 1.165) is 0 Å². The molecule has 3 nitrogen and oxygen atoms in total. The Hall–Kier alpha value is -0.280. The minimum atomic E-state index is -0.761. The lowest BCUT2D eigenvalue weighted by atomic mass is 10.00. The predicted molar refractivity (Wildman–Crippen MR) is 61.0 cm³/mol. The Balaban J connectivity index is 0. The van der Waals surface area contributed by atoms with E-state index in [1.807, 2.05) is 34.6 Å². The lowest BCUT2D eigenvalue weighted by Crippen LogP contribution is -2.48. The maximum atomic E-state index is 10.9. The van der Waals surface area contributed by atoms with Crippen LogP contribution in [0.3, 0.4) is 0 Å². The van der Waals surface area contributed by atoms with E-state index in [2.05, 4.69) is 5.32 Å². The largest absolute Gasteiger partial charge is 0.480 e. The molecule has 0 spiro atoms. The Kier molecular flexibility index (Phi) is 7.21. The number of carboxylic acids is 1. The first-order valence-corrected chi connectivity index (χ1v) is 4.73. The zero-order valence-corrected chi connectivity index (χ0v) is 10.4. The number of carboxylic acid groups (broad SMARTS) is 1. The average Bonchev–Trinajstić information content (AvgIpc) is 1.81. The molecule has 0 rings (SSSR count). The second kappa shape index (κ2) is 6.25. The van der Waals surface area contributed by atoms with Gasteiger partial charge < -0.3 is 5.11 Å². The van der Waals surface area contributed by atoms with Gasteiger partial charge in [0.25, 0.3) is 0 Å². The van der Waals surface area contributed by atoms with Crippen LogP contribution in [0.4, 0.5) is 0 Å². The van der Waals surface area contributed by atoms with Gasteiger partial charge in [0, 0.05) is 5.54 Å². The minimum Gasteiger partial charge on any atom is -0.480 e. The van der Waals surface area contributed by atoms with Crippen molar-refractivity contribution >= 4 is 18.4 Å². The normalized spacial score (nSPS) is 13.6. The number of rotatable bonds is 4. The first-order valence-electron chi connectivity index (χ1n) is 4.73. The quantitative estimate of drug-likeness (QED) is 0.769. The summed E-state index contributed by atoms with van der Waals surface area (Å²) in [4.78, 5) is 10.9. The summed E-state index contributed by atoms with van der Waals surface area (Å²) in [7, 11) is 0. The summed E-state index contributed by atoms with van der Waals surface area (Å²) in [5, 5.41) is 12.0. The molecule has 0 fully saturated rings. The van der Waals surface area contributed by atoms with E-state index in [4.69, 9.17) is 5.11 Å². The van der Waals surface area contributed by atoms with Crippen molar-refractivity contribution in [2.45, 2.75) is 52.6 Å². The van der Waals surface area contributed by atoms with E-state index in [0.29, 0.717) is 12.3 Å². The molecule has 0 saturated heterocycles. The van der Waals surface area contributed by atoms with Crippen molar-refractivity contribution in [3.8, 4) is 0 Å². The molecule has 0 aromatic rings. The molecular weight excluding hydrogens is 202 g/mol. The van der Waals surface area contributed by atoms with Gasteiger partial charge in [-0.15, -0.1) is 12.4 Å². The summed E-state index contributed by atoms with van der Waals surface area (Å²) in [5.74, 6) is -0.362. The van der Waals surface area contributed by atoms with Crippen LogP contribution in [0.1, 0.15) is 41.0 Å². The van der Waals surface area contributed by atoms with Crippen LogP contribution in [0.2, 0.25) is 0 Å². The molecule has 4 heteroatoms. The smallest absolute Gasteiger partial charge is 0.320 e. The van der Waals surface area contributed by atoms with E-state index in [1.165, 1.54) is 0 Å². The van der Waals surface area contributed by atoms with E-state index in [1.54, 1.807) is 0 Å². The van der Waals surface area contributed by atoms with Gasteiger partial charge in [0.1, 0.15) is 6.04 Å². The average molecular weight is 224 g/mol. The second-order valence-corrected chi connectivity index (χ2v) is 4.91. The molecule has 0 aliphatic heterocycles. The van der Waals surface area contributed by atoms with Gasteiger partial charge in [-0.2, -0.15) is 0 Å². The molecule has 0 aliphatic carbocycles. The molecule has 0 heterocycles. The highest BCUT2D eigenvalue weighted by molar-refractivity contribution is 5.85. The van der Waals surface area contributed by atoms with Crippen molar-refractivity contribution in [2.75, 3.05) is 0 Å². The van der Waals surface area contributed by atoms with Crippen LogP contribution in [0, 0.1) is 5.92 Å². The zero-order valence-electron chi connectivity index (χ0n) is 9.63. The molecule has 0 radical (unpaired) electrons. The van der Waals surface area contributed by atoms with Crippen LogP contribution in [0.25, 0.3) is 0 Å². The summed E-state index contributed by atoms with van der Waals surface area (Å²) in [6.45, 7) is 9.98. The van der Waals surface area contributed by atoms with Crippen LogP contribution in [0.5, 0.6) is 0 Å². The molecule has 0 aromatic carbocycles. The molecule has 1 atom stereocenters. The van der Waals surface area contributed by atoms with Crippen molar-refractivity contribution in [1.82, 2.24) is 5.32 Å². The maximum Gasteiger partial charge on any atom is 0.320 e. The summed E-state index contributed by atoms with van der Waals surface area (Å²) in [6, 6.07) is -0.431. The second-order valence-electron chi connectivity index (χ2n) is 4.91. The van der Waals surface area contributed by atoms with E-state index >= 15 is 0 Å². The van der Waals surface area contributed by atoms with Gasteiger partial charge in [0.2, 0.25) is 0 Å². The van der Waals surface area contributed by atoms with Crippen LogP contribution in [0.15, 0.2) is 0 Å². The highest BCUT2D eigenvalue weighted by Gasteiger charge is 2.23. The maximum absolute atomic E-state index is 10.9. The molecular formula is C10H22ClNO2. The van der Waals surface area contributed by atoms with Crippen molar-refractivity contribution in [3.63, 3.8) is 0 Å². The number of aliphatic carboxylic acids is 1. The number of hydrogen-bond acceptors (Lipinski definition) is 2. The van der Waals surface area contributed by atoms with E-state index < -0.39 is 12.0 Å². The monoisotopic (exact) mass is 223 g/mol. The standard InChI is InChI=1S/C10H21NO2.ClH/c1-7(2)6-8(9(12)13)11-10(3,4)5;/h7-8,11H,6H2,1-5H3,(H,12,13);1H/t8-;/m1./s1. The molecule has 0 aromatic heterocycles.